The molecule has 1 fully saturated rings. The summed E-state index contributed by atoms with van der Waals surface area (Å²) in [7, 11) is 0. The molecule has 1 saturated carbocycles. The lowest BCUT2D eigenvalue weighted by atomic mass is 10.0. The van der Waals surface area contributed by atoms with E-state index in [2.05, 4.69) is 4.99 Å². The summed E-state index contributed by atoms with van der Waals surface area (Å²) in [5.41, 5.74) is 5.61. The Bertz CT molecular complexity index is 156. The predicted octanol–water partition coefficient (Wildman–Crippen LogP) is 1.34. The third-order valence-electron chi connectivity index (χ3n) is 2.36. The second-order valence-corrected chi connectivity index (χ2v) is 3.16. The van der Waals surface area contributed by atoms with Crippen LogP contribution in [-0.4, -0.2) is 11.9 Å². The molecule has 0 amide bonds. The van der Waals surface area contributed by atoms with Crippen molar-refractivity contribution in [3.63, 3.8) is 0 Å². The Morgan fingerprint density at radius 3 is 2.90 bits per heavy atom. The van der Waals surface area contributed by atoms with Crippen molar-refractivity contribution < 1.29 is 0 Å². The topological polar surface area (TPSA) is 38.4 Å². The van der Waals surface area contributed by atoms with E-state index >= 15 is 0 Å². The van der Waals surface area contributed by atoms with Crippen LogP contribution in [0.25, 0.3) is 0 Å². The van der Waals surface area contributed by atoms with Gasteiger partial charge in [-0.25, -0.2) is 0 Å². The van der Waals surface area contributed by atoms with Gasteiger partial charge >= 0.3 is 0 Å². The third kappa shape index (κ3) is 1.26. The normalized spacial score (nSPS) is 36.6. The first kappa shape index (κ1) is 7.86. The number of fused-ring (bicyclic) bond motifs is 2. The molecular weight excluding hydrogens is 148 g/mol. The van der Waals surface area contributed by atoms with Gasteiger partial charge in [-0.1, -0.05) is 0 Å². The first-order valence-electron chi connectivity index (χ1n) is 3.67. The Hall–Kier alpha value is -0.240. The Kier molecular flexibility index (Phi) is 2.19. The number of rotatable bonds is 0. The van der Waals surface area contributed by atoms with Gasteiger partial charge in [-0.3, -0.25) is 4.99 Å². The zero-order valence-electron chi connectivity index (χ0n) is 5.92. The molecule has 1 heterocycles. The predicted molar refractivity (Wildman–Crippen MR) is 44.6 cm³/mol. The van der Waals surface area contributed by atoms with Gasteiger partial charge in [0, 0.05) is 6.42 Å². The molecule has 2 atom stereocenters. The molecule has 0 aromatic heterocycles. The van der Waals surface area contributed by atoms with Crippen LogP contribution in [0.1, 0.15) is 25.7 Å². The molecule has 2 aliphatic rings. The Balaban J connectivity index is 0.000000500. The van der Waals surface area contributed by atoms with E-state index < -0.39 is 0 Å². The highest BCUT2D eigenvalue weighted by Gasteiger charge is 2.28. The van der Waals surface area contributed by atoms with Crippen molar-refractivity contribution >= 4 is 18.2 Å². The number of hydrogen-bond donors (Lipinski definition) is 1. The highest BCUT2D eigenvalue weighted by Crippen LogP contribution is 2.33. The van der Waals surface area contributed by atoms with E-state index in [-0.39, 0.29) is 12.4 Å². The summed E-state index contributed by atoms with van der Waals surface area (Å²) in [6.07, 6.45) is 5.01. The van der Waals surface area contributed by atoms with Gasteiger partial charge in [0.1, 0.15) is 0 Å². The van der Waals surface area contributed by atoms with Crippen LogP contribution in [0.3, 0.4) is 0 Å². The number of hydrogen-bond acceptors (Lipinski definition) is 2. The van der Waals surface area contributed by atoms with Gasteiger partial charge < -0.3 is 5.73 Å². The van der Waals surface area contributed by atoms with Crippen molar-refractivity contribution in [2.24, 2.45) is 16.6 Å². The third-order valence-corrected chi connectivity index (χ3v) is 2.36. The molecule has 10 heavy (non-hydrogen) atoms. The van der Waals surface area contributed by atoms with E-state index in [1.165, 1.54) is 19.3 Å². The van der Waals surface area contributed by atoms with Crippen LogP contribution in [0.4, 0.5) is 0 Å². The van der Waals surface area contributed by atoms with Crippen LogP contribution in [0.15, 0.2) is 4.99 Å². The molecule has 2 bridgehead atoms. The fourth-order valence-electron chi connectivity index (χ4n) is 1.93. The smallest absolute Gasteiger partial charge is 0.0943 e. The fraction of sp³-hybridized carbons (Fsp3) is 0.857. The standard InChI is InChI=1S/C7H12N2.ClH/c8-7-4-5-1-2-6(3-5)9-7;/h5-6H,1-4H2,(H2,8,9);1H. The summed E-state index contributed by atoms with van der Waals surface area (Å²) >= 11 is 0. The number of nitrogens with zero attached hydrogens (tertiary/aromatic N) is 1. The lowest BCUT2D eigenvalue weighted by Gasteiger charge is -2.14. The molecule has 2 nitrogen and oxygen atoms in total. The van der Waals surface area contributed by atoms with E-state index in [1.807, 2.05) is 0 Å². The first-order chi connectivity index (χ1) is 4.34. The van der Waals surface area contributed by atoms with Gasteiger partial charge in [-0.05, 0) is 25.2 Å². The zero-order chi connectivity index (χ0) is 6.27. The van der Waals surface area contributed by atoms with Crippen molar-refractivity contribution in [1.29, 1.82) is 0 Å². The second-order valence-electron chi connectivity index (χ2n) is 3.16. The molecule has 0 saturated heterocycles. The lowest BCUT2D eigenvalue weighted by molar-refractivity contribution is 0.536. The summed E-state index contributed by atoms with van der Waals surface area (Å²) < 4.78 is 0. The van der Waals surface area contributed by atoms with Crippen molar-refractivity contribution in [3.05, 3.63) is 0 Å². The summed E-state index contributed by atoms with van der Waals surface area (Å²) in [4.78, 5) is 4.34. The van der Waals surface area contributed by atoms with Gasteiger partial charge in [0.15, 0.2) is 0 Å². The second kappa shape index (κ2) is 2.79. The quantitative estimate of drug-likeness (QED) is 0.571. The van der Waals surface area contributed by atoms with E-state index in [9.17, 15) is 0 Å². The fourth-order valence-corrected chi connectivity index (χ4v) is 1.93. The number of nitrogens with two attached hydrogens (primary N) is 1. The van der Waals surface area contributed by atoms with Crippen LogP contribution in [0, 0.1) is 5.92 Å². The van der Waals surface area contributed by atoms with Crippen LogP contribution in [0.5, 0.6) is 0 Å². The van der Waals surface area contributed by atoms with Gasteiger partial charge in [0.05, 0.1) is 11.9 Å². The molecule has 2 rings (SSSR count). The maximum absolute atomic E-state index is 5.61. The maximum atomic E-state index is 5.61. The molecule has 2 N–H and O–H groups in total. The van der Waals surface area contributed by atoms with E-state index in [4.69, 9.17) is 5.73 Å². The van der Waals surface area contributed by atoms with Crippen molar-refractivity contribution in [2.45, 2.75) is 31.7 Å². The molecule has 0 spiro atoms. The van der Waals surface area contributed by atoms with Crippen molar-refractivity contribution in [3.8, 4) is 0 Å². The molecular formula is C7H13ClN2. The van der Waals surface area contributed by atoms with Crippen molar-refractivity contribution in [2.75, 3.05) is 0 Å². The molecule has 1 aliphatic carbocycles. The average Bonchev–Trinajstić information content (AvgIpc) is 2.11. The molecule has 0 aromatic rings. The molecule has 58 valence electrons. The van der Waals surface area contributed by atoms with Gasteiger partial charge in [-0.15, -0.1) is 12.4 Å². The average molecular weight is 161 g/mol. The Morgan fingerprint density at radius 2 is 2.20 bits per heavy atom. The Morgan fingerprint density at radius 1 is 1.40 bits per heavy atom. The van der Waals surface area contributed by atoms with Crippen molar-refractivity contribution in [1.82, 2.24) is 0 Å². The molecule has 1 aliphatic heterocycles. The Labute approximate surface area is 67.3 Å². The summed E-state index contributed by atoms with van der Waals surface area (Å²) in [5.74, 6) is 1.78. The van der Waals surface area contributed by atoms with E-state index in [0.717, 1.165) is 18.2 Å². The van der Waals surface area contributed by atoms with E-state index in [0.29, 0.717) is 6.04 Å². The highest BCUT2D eigenvalue weighted by atomic mass is 35.5. The minimum atomic E-state index is 0. The summed E-state index contributed by atoms with van der Waals surface area (Å²) in [6.45, 7) is 0. The molecule has 0 aromatic carbocycles. The van der Waals surface area contributed by atoms with E-state index in [1.54, 1.807) is 0 Å². The van der Waals surface area contributed by atoms with Gasteiger partial charge in [0.25, 0.3) is 0 Å². The van der Waals surface area contributed by atoms with Gasteiger partial charge in [0.2, 0.25) is 0 Å². The summed E-state index contributed by atoms with van der Waals surface area (Å²) in [6, 6.07) is 0.601. The lowest BCUT2D eigenvalue weighted by Crippen LogP contribution is -2.21. The number of amidine groups is 1. The minimum absolute atomic E-state index is 0. The SMILES string of the molecule is Cl.NC1=NC2CCC(C1)C2. The maximum Gasteiger partial charge on any atom is 0.0943 e. The molecule has 3 heteroatoms. The highest BCUT2D eigenvalue weighted by molar-refractivity contribution is 5.85. The van der Waals surface area contributed by atoms with Crippen LogP contribution in [-0.2, 0) is 0 Å². The largest absolute Gasteiger partial charge is 0.387 e. The van der Waals surface area contributed by atoms with Crippen LogP contribution in [0.2, 0.25) is 0 Å². The minimum Gasteiger partial charge on any atom is -0.387 e. The van der Waals surface area contributed by atoms with Gasteiger partial charge in [-0.2, -0.15) is 0 Å². The summed E-state index contributed by atoms with van der Waals surface area (Å²) in [5, 5.41) is 0. The van der Waals surface area contributed by atoms with Crippen LogP contribution >= 0.6 is 12.4 Å². The zero-order valence-corrected chi connectivity index (χ0v) is 6.73. The molecule has 2 unspecified atom stereocenters. The molecule has 0 radical (unpaired) electrons. The van der Waals surface area contributed by atoms with Crippen LogP contribution < -0.4 is 5.73 Å². The monoisotopic (exact) mass is 160 g/mol. The number of aliphatic imine (C=N–C) groups is 1. The first-order valence-corrected chi connectivity index (χ1v) is 3.67. The number of halogens is 1.